The van der Waals surface area contributed by atoms with Gasteiger partial charge >= 0.3 is 6.18 Å². The highest BCUT2D eigenvalue weighted by Gasteiger charge is 2.34. The molecule has 0 fully saturated rings. The van der Waals surface area contributed by atoms with Crippen molar-refractivity contribution in [3.8, 4) is 22.8 Å². The Labute approximate surface area is 147 Å². The second-order valence-electron chi connectivity index (χ2n) is 6.01. The lowest BCUT2D eigenvalue weighted by Gasteiger charge is -2.12. The Bertz CT molecular complexity index is 1100. The molecule has 0 saturated carbocycles. The summed E-state index contributed by atoms with van der Waals surface area (Å²) in [4.78, 5) is 0. The van der Waals surface area contributed by atoms with E-state index in [0.29, 0.717) is 5.82 Å². The van der Waals surface area contributed by atoms with E-state index in [9.17, 15) is 13.2 Å². The number of rotatable bonds is 2. The summed E-state index contributed by atoms with van der Waals surface area (Å²) in [6, 6.07) is 19.1. The summed E-state index contributed by atoms with van der Waals surface area (Å²) in [5.74, 6) is 0.698. The number of nitrogens with zero attached hydrogens (tertiary/aromatic N) is 3. The van der Waals surface area contributed by atoms with Gasteiger partial charge in [-0.05, 0) is 22.9 Å². The third kappa shape index (κ3) is 2.73. The average Bonchev–Trinajstić information content (AvgIpc) is 3.02. The number of hydrogen-bond acceptors (Lipinski definition) is 2. The summed E-state index contributed by atoms with van der Waals surface area (Å²) in [5.41, 5.74) is 0.0945. The van der Waals surface area contributed by atoms with Crippen molar-refractivity contribution in [1.29, 1.82) is 0 Å². The van der Waals surface area contributed by atoms with Gasteiger partial charge in [-0.1, -0.05) is 54.6 Å². The monoisotopic (exact) mass is 353 g/mol. The van der Waals surface area contributed by atoms with E-state index < -0.39 is 11.7 Å². The van der Waals surface area contributed by atoms with Crippen molar-refractivity contribution < 1.29 is 13.2 Å². The molecule has 0 aliphatic carbocycles. The highest BCUT2D eigenvalue weighted by Crippen LogP contribution is 2.37. The fourth-order valence-corrected chi connectivity index (χ4v) is 3.07. The molecule has 0 amide bonds. The van der Waals surface area contributed by atoms with E-state index in [1.807, 2.05) is 42.5 Å². The van der Waals surface area contributed by atoms with E-state index in [4.69, 9.17) is 0 Å². The molecule has 0 saturated heterocycles. The molecular weight excluding hydrogens is 339 g/mol. The van der Waals surface area contributed by atoms with E-state index >= 15 is 0 Å². The SMILES string of the molecule is Cn1c(-c2ccc3ccccc3c2)nnc1-c1ccccc1C(F)(F)F. The van der Waals surface area contributed by atoms with Gasteiger partial charge in [0.1, 0.15) is 0 Å². The van der Waals surface area contributed by atoms with Gasteiger partial charge in [-0.2, -0.15) is 13.2 Å². The smallest absolute Gasteiger partial charge is 0.310 e. The highest BCUT2D eigenvalue weighted by atomic mass is 19.4. The van der Waals surface area contributed by atoms with Gasteiger partial charge in [-0.15, -0.1) is 10.2 Å². The molecule has 1 heterocycles. The normalized spacial score (nSPS) is 11.8. The molecule has 4 aromatic rings. The maximum Gasteiger partial charge on any atom is 0.417 e. The first-order valence-electron chi connectivity index (χ1n) is 8.00. The molecule has 0 aliphatic rings. The van der Waals surface area contributed by atoms with Crippen molar-refractivity contribution in [2.24, 2.45) is 7.05 Å². The number of halogens is 3. The summed E-state index contributed by atoms with van der Waals surface area (Å²) >= 11 is 0. The first-order chi connectivity index (χ1) is 12.4. The van der Waals surface area contributed by atoms with E-state index in [-0.39, 0.29) is 11.4 Å². The minimum absolute atomic E-state index is 0.0158. The zero-order chi connectivity index (χ0) is 18.3. The second kappa shape index (κ2) is 5.98. The zero-order valence-electron chi connectivity index (χ0n) is 13.8. The molecule has 26 heavy (non-hydrogen) atoms. The van der Waals surface area contributed by atoms with Crippen molar-refractivity contribution in [2.45, 2.75) is 6.18 Å². The third-order valence-electron chi connectivity index (χ3n) is 4.36. The van der Waals surface area contributed by atoms with Gasteiger partial charge < -0.3 is 4.57 Å². The van der Waals surface area contributed by atoms with Crippen LogP contribution in [0.4, 0.5) is 13.2 Å². The van der Waals surface area contributed by atoms with Crippen molar-refractivity contribution in [2.75, 3.05) is 0 Å². The minimum atomic E-state index is -4.45. The van der Waals surface area contributed by atoms with Gasteiger partial charge in [-0.3, -0.25) is 0 Å². The Hall–Kier alpha value is -3.15. The van der Waals surface area contributed by atoms with Gasteiger partial charge in [0.2, 0.25) is 0 Å². The molecule has 0 radical (unpaired) electrons. The van der Waals surface area contributed by atoms with E-state index in [0.717, 1.165) is 22.4 Å². The largest absolute Gasteiger partial charge is 0.417 e. The van der Waals surface area contributed by atoms with Crippen LogP contribution in [0.25, 0.3) is 33.5 Å². The molecule has 3 nitrogen and oxygen atoms in total. The van der Waals surface area contributed by atoms with Crippen molar-refractivity contribution in [1.82, 2.24) is 14.8 Å². The molecule has 4 rings (SSSR count). The molecule has 6 heteroatoms. The summed E-state index contributed by atoms with van der Waals surface area (Å²) in [5, 5.41) is 10.3. The second-order valence-corrected chi connectivity index (χ2v) is 6.01. The summed E-state index contributed by atoms with van der Waals surface area (Å²) in [6.45, 7) is 0. The zero-order valence-corrected chi connectivity index (χ0v) is 13.8. The number of fused-ring (bicyclic) bond motifs is 1. The molecule has 0 aliphatic heterocycles. The van der Waals surface area contributed by atoms with Crippen LogP contribution in [0.2, 0.25) is 0 Å². The third-order valence-corrected chi connectivity index (χ3v) is 4.36. The Morgan fingerprint density at radius 1 is 0.769 bits per heavy atom. The molecule has 0 unspecified atom stereocenters. The Morgan fingerprint density at radius 2 is 1.42 bits per heavy atom. The van der Waals surface area contributed by atoms with E-state index in [1.54, 1.807) is 17.7 Å². The topological polar surface area (TPSA) is 30.7 Å². The Kier molecular flexibility index (Phi) is 3.76. The van der Waals surface area contributed by atoms with Crippen molar-refractivity contribution >= 4 is 10.8 Å². The van der Waals surface area contributed by atoms with Crippen LogP contribution in [0.15, 0.2) is 66.7 Å². The predicted octanol–water partition coefficient (Wildman–Crippen LogP) is 5.32. The lowest BCUT2D eigenvalue weighted by molar-refractivity contribution is -0.137. The molecular formula is C20H14F3N3. The highest BCUT2D eigenvalue weighted by molar-refractivity contribution is 5.86. The standard InChI is InChI=1S/C20H14F3N3/c1-26-18(15-11-10-13-6-2-3-7-14(13)12-15)24-25-19(26)16-8-4-5-9-17(16)20(21,22)23/h2-12H,1H3. The Balaban J connectivity index is 1.85. The first kappa shape index (κ1) is 16.3. The number of benzene rings is 3. The van der Waals surface area contributed by atoms with Crippen LogP contribution in [0, 0.1) is 0 Å². The molecule has 0 spiro atoms. The van der Waals surface area contributed by atoms with Crippen LogP contribution in [0.5, 0.6) is 0 Å². The van der Waals surface area contributed by atoms with Gasteiger partial charge in [0.25, 0.3) is 0 Å². The number of aromatic nitrogens is 3. The predicted molar refractivity (Wildman–Crippen MR) is 94.4 cm³/mol. The van der Waals surface area contributed by atoms with E-state index in [1.165, 1.54) is 12.1 Å². The van der Waals surface area contributed by atoms with Gasteiger partial charge in [-0.25, -0.2) is 0 Å². The summed E-state index contributed by atoms with van der Waals surface area (Å²) in [7, 11) is 1.67. The maximum atomic E-state index is 13.3. The molecule has 3 aromatic carbocycles. The minimum Gasteiger partial charge on any atom is -0.310 e. The van der Waals surface area contributed by atoms with Crippen LogP contribution in [-0.2, 0) is 13.2 Å². The van der Waals surface area contributed by atoms with Crippen molar-refractivity contribution in [3.63, 3.8) is 0 Å². The quantitative estimate of drug-likeness (QED) is 0.488. The molecule has 0 bridgehead atoms. The van der Waals surface area contributed by atoms with Crippen molar-refractivity contribution in [3.05, 3.63) is 72.3 Å². The molecule has 130 valence electrons. The van der Waals surface area contributed by atoms with E-state index in [2.05, 4.69) is 10.2 Å². The first-order valence-corrected chi connectivity index (χ1v) is 8.00. The molecule has 0 N–H and O–H groups in total. The van der Waals surface area contributed by atoms with Gasteiger partial charge in [0.15, 0.2) is 11.6 Å². The van der Waals surface area contributed by atoms with Gasteiger partial charge in [0, 0.05) is 18.2 Å². The molecule has 1 aromatic heterocycles. The average molecular weight is 353 g/mol. The Morgan fingerprint density at radius 3 is 2.19 bits per heavy atom. The van der Waals surface area contributed by atoms with Crippen LogP contribution in [0.1, 0.15) is 5.56 Å². The summed E-state index contributed by atoms with van der Waals surface area (Å²) in [6.07, 6.45) is -4.45. The maximum absolute atomic E-state index is 13.3. The lowest BCUT2D eigenvalue weighted by Crippen LogP contribution is -2.08. The van der Waals surface area contributed by atoms with Crippen LogP contribution in [0.3, 0.4) is 0 Å². The number of alkyl halides is 3. The summed E-state index contributed by atoms with van der Waals surface area (Å²) < 4.78 is 41.5. The molecule has 0 atom stereocenters. The fraction of sp³-hybridized carbons (Fsp3) is 0.100. The van der Waals surface area contributed by atoms with Gasteiger partial charge in [0.05, 0.1) is 5.56 Å². The number of hydrogen-bond donors (Lipinski definition) is 0. The van der Waals surface area contributed by atoms with Crippen LogP contribution in [-0.4, -0.2) is 14.8 Å². The fourth-order valence-electron chi connectivity index (χ4n) is 3.07. The van der Waals surface area contributed by atoms with Crippen LogP contribution >= 0.6 is 0 Å². The lowest BCUT2D eigenvalue weighted by atomic mass is 10.1. The van der Waals surface area contributed by atoms with Crippen LogP contribution < -0.4 is 0 Å².